The van der Waals surface area contributed by atoms with Gasteiger partial charge in [0, 0.05) is 10.9 Å². The minimum atomic E-state index is -0.539. The van der Waals surface area contributed by atoms with Crippen LogP contribution in [0.1, 0.15) is 57.7 Å². The molecule has 0 aliphatic carbocycles. The molecule has 1 heterocycles. The highest BCUT2D eigenvalue weighted by Crippen LogP contribution is 2.29. The van der Waals surface area contributed by atoms with Crippen molar-refractivity contribution in [2.24, 2.45) is 5.92 Å². The molecule has 5 nitrogen and oxygen atoms in total. The summed E-state index contributed by atoms with van der Waals surface area (Å²) in [6.07, 6.45) is 0.345. The quantitative estimate of drug-likeness (QED) is 0.774. The van der Waals surface area contributed by atoms with E-state index in [2.05, 4.69) is 25.2 Å². The number of hydrogen-bond acceptors (Lipinski definition) is 5. The van der Waals surface area contributed by atoms with Crippen molar-refractivity contribution in [3.63, 3.8) is 0 Å². The number of ether oxygens (including phenoxy) is 1. The molecular weight excluding hydrogens is 346 g/mol. The molecule has 0 radical (unpaired) electrons. The Bertz CT molecular complexity index is 783. The molecule has 0 saturated carbocycles. The minimum Gasteiger partial charge on any atom is -0.444 e. The van der Waals surface area contributed by atoms with Crippen molar-refractivity contribution in [2.75, 3.05) is 0 Å². The van der Waals surface area contributed by atoms with Crippen LogP contribution in [-0.4, -0.2) is 16.7 Å². The van der Waals surface area contributed by atoms with Gasteiger partial charge in [0.05, 0.1) is 23.4 Å². The van der Waals surface area contributed by atoms with Crippen LogP contribution in [0.15, 0.2) is 29.6 Å². The molecule has 0 bridgehead atoms. The molecule has 1 aromatic carbocycles. The van der Waals surface area contributed by atoms with Crippen molar-refractivity contribution in [2.45, 2.75) is 52.7 Å². The van der Waals surface area contributed by atoms with Gasteiger partial charge in [0.1, 0.15) is 10.6 Å². The van der Waals surface area contributed by atoms with Crippen molar-refractivity contribution in [1.29, 1.82) is 5.26 Å². The molecule has 1 unspecified atom stereocenters. The number of thiazole rings is 1. The maximum absolute atomic E-state index is 12.2. The SMILES string of the molecule is CC(C)CC(NC(=O)OC(C)(C)C)c1nc(-c2ccc(C#N)cc2)cs1. The number of nitrogens with zero attached hydrogens (tertiary/aromatic N) is 2. The van der Waals surface area contributed by atoms with Crippen LogP contribution in [0.4, 0.5) is 4.79 Å². The molecule has 1 N–H and O–H groups in total. The van der Waals surface area contributed by atoms with E-state index < -0.39 is 11.7 Å². The first-order chi connectivity index (χ1) is 12.2. The van der Waals surface area contributed by atoms with Crippen LogP contribution in [-0.2, 0) is 4.74 Å². The standard InChI is InChI=1S/C20H25N3O2S/c1-13(2)10-16(23-19(24)25-20(3,4)5)18-22-17(12-26-18)15-8-6-14(11-21)7-9-15/h6-9,12-13,16H,10H2,1-5H3,(H,23,24). The van der Waals surface area contributed by atoms with Crippen molar-refractivity contribution < 1.29 is 9.53 Å². The summed E-state index contributed by atoms with van der Waals surface area (Å²) in [5, 5.41) is 14.7. The third kappa shape index (κ3) is 5.85. The van der Waals surface area contributed by atoms with E-state index in [1.807, 2.05) is 38.3 Å². The number of carbonyl (C=O) groups is 1. The second-order valence-electron chi connectivity index (χ2n) is 7.59. The van der Waals surface area contributed by atoms with E-state index in [-0.39, 0.29) is 6.04 Å². The van der Waals surface area contributed by atoms with Crippen LogP contribution in [0.5, 0.6) is 0 Å². The lowest BCUT2D eigenvalue weighted by molar-refractivity contribution is 0.0498. The summed E-state index contributed by atoms with van der Waals surface area (Å²) >= 11 is 1.52. The zero-order valence-corrected chi connectivity index (χ0v) is 16.7. The molecule has 1 amide bonds. The molecule has 0 saturated heterocycles. The van der Waals surface area contributed by atoms with Crippen molar-refractivity contribution in [3.8, 4) is 17.3 Å². The van der Waals surface area contributed by atoms with Gasteiger partial charge >= 0.3 is 6.09 Å². The zero-order chi connectivity index (χ0) is 19.3. The zero-order valence-electron chi connectivity index (χ0n) is 15.9. The summed E-state index contributed by atoms with van der Waals surface area (Å²) < 4.78 is 5.38. The van der Waals surface area contributed by atoms with Gasteiger partial charge in [0.25, 0.3) is 0 Å². The third-order valence-electron chi connectivity index (χ3n) is 3.53. The number of carbonyl (C=O) groups excluding carboxylic acids is 1. The first-order valence-electron chi connectivity index (χ1n) is 8.63. The first-order valence-corrected chi connectivity index (χ1v) is 9.51. The first kappa shape index (κ1) is 19.9. The lowest BCUT2D eigenvalue weighted by Gasteiger charge is -2.23. The third-order valence-corrected chi connectivity index (χ3v) is 4.49. The summed E-state index contributed by atoms with van der Waals surface area (Å²) in [7, 11) is 0. The predicted octanol–water partition coefficient (Wildman–Crippen LogP) is 5.29. The number of alkyl carbamates (subject to hydrolysis) is 1. The fourth-order valence-electron chi connectivity index (χ4n) is 2.44. The maximum atomic E-state index is 12.2. The van der Waals surface area contributed by atoms with E-state index in [0.717, 1.165) is 22.7 Å². The summed E-state index contributed by atoms with van der Waals surface area (Å²) in [6.45, 7) is 9.75. The molecular formula is C20H25N3O2S. The van der Waals surface area contributed by atoms with Crippen LogP contribution in [0.3, 0.4) is 0 Å². The highest BCUT2D eigenvalue weighted by Gasteiger charge is 2.23. The number of nitriles is 1. The summed E-state index contributed by atoms with van der Waals surface area (Å²) in [6, 6.07) is 9.24. The molecule has 0 fully saturated rings. The normalized spacial score (nSPS) is 12.5. The average Bonchev–Trinajstić information content (AvgIpc) is 3.02. The molecule has 1 atom stereocenters. The molecule has 26 heavy (non-hydrogen) atoms. The second kappa shape index (κ2) is 8.33. The van der Waals surface area contributed by atoms with Gasteiger partial charge in [0.15, 0.2) is 0 Å². The van der Waals surface area contributed by atoms with E-state index in [1.165, 1.54) is 11.3 Å². The average molecular weight is 372 g/mol. The van der Waals surface area contributed by atoms with Gasteiger partial charge in [-0.3, -0.25) is 0 Å². The molecule has 0 aliphatic rings. The smallest absolute Gasteiger partial charge is 0.408 e. The van der Waals surface area contributed by atoms with Gasteiger partial charge in [-0.15, -0.1) is 11.3 Å². The fourth-order valence-corrected chi connectivity index (χ4v) is 3.33. The van der Waals surface area contributed by atoms with Crippen LogP contribution in [0, 0.1) is 17.2 Å². The van der Waals surface area contributed by atoms with E-state index in [9.17, 15) is 4.79 Å². The van der Waals surface area contributed by atoms with E-state index in [1.54, 1.807) is 12.1 Å². The van der Waals surface area contributed by atoms with Gasteiger partial charge in [-0.25, -0.2) is 9.78 Å². The Morgan fingerprint density at radius 3 is 2.50 bits per heavy atom. The number of hydrogen-bond donors (Lipinski definition) is 1. The van der Waals surface area contributed by atoms with Crippen LogP contribution in [0.2, 0.25) is 0 Å². The van der Waals surface area contributed by atoms with Crippen LogP contribution < -0.4 is 5.32 Å². The van der Waals surface area contributed by atoms with Crippen molar-refractivity contribution >= 4 is 17.4 Å². The Morgan fingerprint density at radius 1 is 1.31 bits per heavy atom. The highest BCUT2D eigenvalue weighted by molar-refractivity contribution is 7.10. The van der Waals surface area contributed by atoms with Crippen molar-refractivity contribution in [3.05, 3.63) is 40.2 Å². The Labute approximate surface area is 159 Å². The largest absolute Gasteiger partial charge is 0.444 e. The molecule has 138 valence electrons. The maximum Gasteiger partial charge on any atom is 0.408 e. The molecule has 1 aromatic heterocycles. The van der Waals surface area contributed by atoms with Crippen molar-refractivity contribution in [1.82, 2.24) is 10.3 Å². The lowest BCUT2D eigenvalue weighted by atomic mass is 10.0. The minimum absolute atomic E-state index is 0.193. The molecule has 6 heteroatoms. The number of benzene rings is 1. The molecule has 0 aliphatic heterocycles. The Balaban J connectivity index is 2.19. The van der Waals surface area contributed by atoms with Gasteiger partial charge in [0.2, 0.25) is 0 Å². The fraction of sp³-hybridized carbons (Fsp3) is 0.450. The predicted molar refractivity (Wildman–Crippen MR) is 104 cm³/mol. The van der Waals surface area contributed by atoms with E-state index in [0.29, 0.717) is 11.5 Å². The van der Waals surface area contributed by atoms with Gasteiger partial charge < -0.3 is 10.1 Å². The van der Waals surface area contributed by atoms with Gasteiger partial charge in [-0.05, 0) is 45.2 Å². The van der Waals surface area contributed by atoms with E-state index >= 15 is 0 Å². The number of aromatic nitrogens is 1. The highest BCUT2D eigenvalue weighted by atomic mass is 32.1. The molecule has 2 rings (SSSR count). The van der Waals surface area contributed by atoms with Crippen LogP contribution >= 0.6 is 11.3 Å². The van der Waals surface area contributed by atoms with Gasteiger partial charge in [-0.2, -0.15) is 5.26 Å². The molecule has 0 spiro atoms. The van der Waals surface area contributed by atoms with Gasteiger partial charge in [-0.1, -0.05) is 26.0 Å². The van der Waals surface area contributed by atoms with Crippen LogP contribution in [0.25, 0.3) is 11.3 Å². The number of rotatable bonds is 5. The Hall–Kier alpha value is -2.39. The summed E-state index contributed by atoms with van der Waals surface area (Å²) in [5.74, 6) is 0.400. The second-order valence-corrected chi connectivity index (χ2v) is 8.48. The molecule has 2 aromatic rings. The Kier molecular flexibility index (Phi) is 6.38. The monoisotopic (exact) mass is 371 g/mol. The number of nitrogens with one attached hydrogen (secondary N) is 1. The Morgan fingerprint density at radius 2 is 1.96 bits per heavy atom. The summed E-state index contributed by atoms with van der Waals surface area (Å²) in [4.78, 5) is 16.9. The lowest BCUT2D eigenvalue weighted by Crippen LogP contribution is -2.35. The number of amides is 1. The van der Waals surface area contributed by atoms with E-state index in [4.69, 9.17) is 15.0 Å². The summed E-state index contributed by atoms with van der Waals surface area (Å²) in [5.41, 5.74) is 1.87. The topological polar surface area (TPSA) is 75.0 Å².